The first-order valence-corrected chi connectivity index (χ1v) is 8.37. The van der Waals surface area contributed by atoms with Crippen LogP contribution in [0.5, 0.6) is 0 Å². The van der Waals surface area contributed by atoms with Crippen LogP contribution in [0.4, 0.5) is 0 Å². The van der Waals surface area contributed by atoms with Gasteiger partial charge in [-0.15, -0.1) is 0 Å². The van der Waals surface area contributed by atoms with E-state index in [4.69, 9.17) is 4.52 Å². The first kappa shape index (κ1) is 13.4. The largest absolute Gasteiger partial charge is 0.331 e. The third kappa shape index (κ3) is 2.49. The first-order chi connectivity index (χ1) is 9.79. The molecule has 0 N–H and O–H groups in total. The Bertz CT molecular complexity index is 726. The fraction of sp³-hybridized carbons (Fsp3) is 0.176. The molecule has 0 saturated carbocycles. The van der Waals surface area contributed by atoms with Gasteiger partial charge in [0, 0.05) is 6.16 Å². The highest BCUT2D eigenvalue weighted by Gasteiger charge is 2.10. The third-order valence-electron chi connectivity index (χ3n) is 3.51. The maximum Gasteiger partial charge on any atom is 0.195 e. The van der Waals surface area contributed by atoms with Gasteiger partial charge in [-0.25, -0.2) is 0 Å². The molecule has 1 atom stereocenters. The van der Waals surface area contributed by atoms with E-state index >= 15 is 0 Å². The first-order valence-electron chi connectivity index (χ1n) is 6.84. The van der Waals surface area contributed by atoms with Gasteiger partial charge in [-0.2, -0.15) is 0 Å². The lowest BCUT2D eigenvalue weighted by Crippen LogP contribution is -1.89. The zero-order valence-corrected chi connectivity index (χ0v) is 12.4. The molecule has 0 aliphatic heterocycles. The maximum atomic E-state index is 12.1. The molecule has 0 aromatic heterocycles. The van der Waals surface area contributed by atoms with Gasteiger partial charge < -0.3 is 4.52 Å². The van der Waals surface area contributed by atoms with Gasteiger partial charge in [0.2, 0.25) is 0 Å². The molecule has 102 valence electrons. The molecule has 0 aliphatic carbocycles. The lowest BCUT2D eigenvalue weighted by Gasteiger charge is -2.11. The summed E-state index contributed by atoms with van der Waals surface area (Å²) in [5, 5.41) is 4.72. The fourth-order valence-corrected chi connectivity index (χ4v) is 3.75. The Morgan fingerprint density at radius 1 is 0.950 bits per heavy atom. The van der Waals surface area contributed by atoms with Crippen molar-refractivity contribution in [1.29, 1.82) is 0 Å². The number of fused-ring (bicyclic) bond motifs is 2. The smallest absolute Gasteiger partial charge is 0.195 e. The summed E-state index contributed by atoms with van der Waals surface area (Å²) >= 11 is 0. The van der Waals surface area contributed by atoms with E-state index in [1.807, 2.05) is 31.2 Å². The highest BCUT2D eigenvalue weighted by atomic mass is 31.1. The number of rotatable bonds is 4. The summed E-state index contributed by atoms with van der Waals surface area (Å²) in [4.78, 5) is 0. The molecule has 3 aromatic rings. The van der Waals surface area contributed by atoms with Crippen molar-refractivity contribution in [2.45, 2.75) is 13.1 Å². The Morgan fingerprint density at radius 2 is 1.50 bits per heavy atom. The summed E-state index contributed by atoms with van der Waals surface area (Å²) in [5.74, 6) is 0. The number of hydrogen-bond donors (Lipinski definition) is 0. The summed E-state index contributed by atoms with van der Waals surface area (Å²) in [7, 11) is -2.02. The van der Waals surface area contributed by atoms with Gasteiger partial charge in [0.1, 0.15) is 0 Å². The van der Waals surface area contributed by atoms with Crippen LogP contribution in [0, 0.1) is 0 Å². The van der Waals surface area contributed by atoms with Crippen LogP contribution in [0.3, 0.4) is 0 Å². The van der Waals surface area contributed by atoms with Gasteiger partial charge in [0.05, 0.1) is 6.61 Å². The van der Waals surface area contributed by atoms with Crippen molar-refractivity contribution in [3.05, 3.63) is 60.2 Å². The van der Waals surface area contributed by atoms with Gasteiger partial charge in [-0.1, -0.05) is 48.5 Å². The van der Waals surface area contributed by atoms with Crippen LogP contribution in [0.2, 0.25) is 0 Å². The SMILES string of the molecule is CCO[PH](=O)Cc1c2ccccc2cc2ccccc12. The van der Waals surface area contributed by atoms with Crippen LogP contribution < -0.4 is 0 Å². The normalized spacial score (nSPS) is 12.8. The molecule has 1 unspecified atom stereocenters. The van der Waals surface area contributed by atoms with Crippen LogP contribution in [0.1, 0.15) is 12.5 Å². The summed E-state index contributed by atoms with van der Waals surface area (Å²) in [6.45, 7) is 2.38. The molecule has 0 bridgehead atoms. The minimum Gasteiger partial charge on any atom is -0.331 e. The van der Waals surface area contributed by atoms with Crippen molar-refractivity contribution in [2.75, 3.05) is 6.61 Å². The Morgan fingerprint density at radius 3 is 2.05 bits per heavy atom. The Hall–Kier alpha value is -1.63. The molecule has 0 heterocycles. The second-order valence-electron chi connectivity index (χ2n) is 4.78. The van der Waals surface area contributed by atoms with Crippen LogP contribution >= 0.6 is 8.03 Å². The molecule has 0 saturated heterocycles. The zero-order valence-electron chi connectivity index (χ0n) is 11.4. The molecule has 2 nitrogen and oxygen atoms in total. The minimum atomic E-state index is -2.02. The molecule has 3 rings (SSSR count). The lowest BCUT2D eigenvalue weighted by molar-refractivity contribution is 0.350. The molecular weight excluding hydrogens is 267 g/mol. The topological polar surface area (TPSA) is 26.3 Å². The van der Waals surface area contributed by atoms with Crippen LogP contribution in [0.25, 0.3) is 21.5 Å². The van der Waals surface area contributed by atoms with E-state index in [0.29, 0.717) is 12.8 Å². The van der Waals surface area contributed by atoms with E-state index in [2.05, 4.69) is 30.3 Å². The monoisotopic (exact) mass is 284 g/mol. The molecule has 0 fully saturated rings. The molecule has 0 amide bonds. The van der Waals surface area contributed by atoms with E-state index in [1.165, 1.54) is 21.5 Å². The van der Waals surface area contributed by atoms with E-state index in [0.717, 1.165) is 5.56 Å². The second-order valence-corrected chi connectivity index (χ2v) is 6.17. The predicted molar refractivity (Wildman–Crippen MR) is 85.8 cm³/mol. The summed E-state index contributed by atoms with van der Waals surface area (Å²) in [5.41, 5.74) is 1.14. The molecular formula is C17H17O2P. The van der Waals surface area contributed by atoms with Crippen molar-refractivity contribution in [3.8, 4) is 0 Å². The van der Waals surface area contributed by atoms with Crippen LogP contribution in [-0.4, -0.2) is 6.61 Å². The van der Waals surface area contributed by atoms with E-state index in [9.17, 15) is 4.57 Å². The van der Waals surface area contributed by atoms with Crippen molar-refractivity contribution in [1.82, 2.24) is 0 Å². The zero-order chi connectivity index (χ0) is 13.9. The summed E-state index contributed by atoms with van der Waals surface area (Å²) in [6, 6.07) is 18.7. The Kier molecular flexibility index (Phi) is 3.86. The molecule has 3 heteroatoms. The number of hydrogen-bond acceptors (Lipinski definition) is 2. The second kappa shape index (κ2) is 5.78. The van der Waals surface area contributed by atoms with E-state index in [1.54, 1.807) is 0 Å². The van der Waals surface area contributed by atoms with E-state index < -0.39 is 8.03 Å². The summed E-state index contributed by atoms with van der Waals surface area (Å²) < 4.78 is 17.4. The minimum absolute atomic E-state index is 0.500. The highest BCUT2D eigenvalue weighted by molar-refractivity contribution is 7.38. The highest BCUT2D eigenvalue weighted by Crippen LogP contribution is 2.36. The van der Waals surface area contributed by atoms with Gasteiger partial charge in [0.25, 0.3) is 0 Å². The summed E-state index contributed by atoms with van der Waals surface area (Å²) in [6.07, 6.45) is 0.500. The molecule has 0 spiro atoms. The van der Waals surface area contributed by atoms with Crippen molar-refractivity contribution in [2.24, 2.45) is 0 Å². The molecule has 3 aromatic carbocycles. The molecule has 0 aliphatic rings. The quantitative estimate of drug-likeness (QED) is 0.497. The van der Waals surface area contributed by atoms with Crippen LogP contribution in [-0.2, 0) is 15.3 Å². The van der Waals surface area contributed by atoms with Gasteiger partial charge >= 0.3 is 0 Å². The number of benzene rings is 3. The molecule has 20 heavy (non-hydrogen) atoms. The van der Waals surface area contributed by atoms with Crippen molar-refractivity contribution >= 4 is 29.6 Å². The maximum absolute atomic E-state index is 12.1. The van der Waals surface area contributed by atoms with Crippen molar-refractivity contribution in [3.63, 3.8) is 0 Å². The standard InChI is InChI=1S/C17H17O2P/c1-2-19-20(18)12-17-15-9-5-3-7-13(15)11-14-8-4-6-10-16(14)17/h3-11,20H,2,12H2,1H3. The fourth-order valence-electron chi connectivity index (χ4n) is 2.65. The Labute approximate surface area is 119 Å². The lowest BCUT2D eigenvalue weighted by atomic mass is 9.98. The molecule has 0 radical (unpaired) electrons. The average molecular weight is 284 g/mol. The Balaban J connectivity index is 2.25. The van der Waals surface area contributed by atoms with E-state index in [-0.39, 0.29) is 0 Å². The van der Waals surface area contributed by atoms with Gasteiger partial charge in [-0.3, -0.25) is 4.57 Å². The third-order valence-corrected chi connectivity index (χ3v) is 4.76. The average Bonchev–Trinajstić information content (AvgIpc) is 2.47. The van der Waals surface area contributed by atoms with Crippen LogP contribution in [0.15, 0.2) is 54.6 Å². The predicted octanol–water partition coefficient (Wildman–Crippen LogP) is 5.00. The van der Waals surface area contributed by atoms with Crippen molar-refractivity contribution < 1.29 is 9.09 Å². The van der Waals surface area contributed by atoms with Gasteiger partial charge in [-0.05, 0) is 40.1 Å². The van der Waals surface area contributed by atoms with Gasteiger partial charge in [0.15, 0.2) is 8.03 Å².